The van der Waals surface area contributed by atoms with Crippen LogP contribution in [0.1, 0.15) is 19.3 Å². The molecule has 12 heavy (non-hydrogen) atoms. The molecule has 0 bridgehead atoms. The van der Waals surface area contributed by atoms with Gasteiger partial charge in [-0.1, -0.05) is 24.3 Å². The fraction of sp³-hybridized carbons (Fsp3) is 0.364. The van der Waals surface area contributed by atoms with E-state index < -0.39 is 0 Å². The van der Waals surface area contributed by atoms with Crippen LogP contribution in [-0.2, 0) is 4.79 Å². The Kier molecular flexibility index (Phi) is 1.94. The predicted octanol–water partition coefficient (Wildman–Crippen LogP) is 2.41. The molecule has 1 unspecified atom stereocenters. The van der Waals surface area contributed by atoms with Gasteiger partial charge in [0.1, 0.15) is 6.29 Å². The summed E-state index contributed by atoms with van der Waals surface area (Å²) in [7, 11) is 0. The number of aldehydes is 1. The molecule has 2 aliphatic carbocycles. The molecule has 0 aromatic carbocycles. The van der Waals surface area contributed by atoms with Gasteiger partial charge in [-0.3, -0.25) is 4.79 Å². The Morgan fingerprint density at radius 3 is 3.17 bits per heavy atom. The minimum Gasteiger partial charge on any atom is -0.298 e. The first-order valence-electron chi connectivity index (χ1n) is 4.45. The Hall–Kier alpha value is -1.11. The van der Waals surface area contributed by atoms with Gasteiger partial charge in [0.25, 0.3) is 0 Å². The fourth-order valence-electron chi connectivity index (χ4n) is 1.85. The van der Waals surface area contributed by atoms with Crippen molar-refractivity contribution in [1.29, 1.82) is 0 Å². The lowest BCUT2D eigenvalue weighted by atomic mass is 9.83. The smallest absolute Gasteiger partial charge is 0.149 e. The van der Waals surface area contributed by atoms with E-state index in [-0.39, 0.29) is 0 Å². The first kappa shape index (κ1) is 7.53. The highest BCUT2D eigenvalue weighted by Crippen LogP contribution is 2.30. The average Bonchev–Trinajstić information content (AvgIpc) is 2.17. The van der Waals surface area contributed by atoms with Gasteiger partial charge in [0.15, 0.2) is 0 Å². The maximum Gasteiger partial charge on any atom is 0.149 e. The summed E-state index contributed by atoms with van der Waals surface area (Å²) in [5.41, 5.74) is 2.23. The fourth-order valence-corrected chi connectivity index (χ4v) is 1.85. The molecule has 0 fully saturated rings. The van der Waals surface area contributed by atoms with Crippen LogP contribution in [0.15, 0.2) is 35.5 Å². The van der Waals surface area contributed by atoms with Gasteiger partial charge in [0.05, 0.1) is 0 Å². The van der Waals surface area contributed by atoms with Crippen molar-refractivity contribution >= 4 is 6.29 Å². The monoisotopic (exact) mass is 160 g/mol. The predicted molar refractivity (Wildman–Crippen MR) is 48.7 cm³/mol. The SMILES string of the molecule is O=CC1=CC2CCCC=C2C=C1. The molecule has 0 aliphatic heterocycles. The minimum atomic E-state index is 0.518. The van der Waals surface area contributed by atoms with E-state index in [1.807, 2.05) is 6.08 Å². The summed E-state index contributed by atoms with van der Waals surface area (Å²) in [6, 6.07) is 0. The van der Waals surface area contributed by atoms with E-state index in [0.29, 0.717) is 5.92 Å². The van der Waals surface area contributed by atoms with E-state index in [1.54, 1.807) is 0 Å². The number of rotatable bonds is 1. The maximum absolute atomic E-state index is 10.5. The molecule has 2 aliphatic rings. The van der Waals surface area contributed by atoms with Crippen molar-refractivity contribution in [3.63, 3.8) is 0 Å². The average molecular weight is 160 g/mol. The molecule has 1 heteroatoms. The third-order valence-corrected chi connectivity index (χ3v) is 2.53. The molecule has 0 aromatic rings. The van der Waals surface area contributed by atoms with Crippen LogP contribution in [0.5, 0.6) is 0 Å². The summed E-state index contributed by atoms with van der Waals surface area (Å²) in [6.45, 7) is 0. The summed E-state index contributed by atoms with van der Waals surface area (Å²) in [5.74, 6) is 0.518. The van der Waals surface area contributed by atoms with Gasteiger partial charge in [0, 0.05) is 11.5 Å². The van der Waals surface area contributed by atoms with Gasteiger partial charge in [-0.25, -0.2) is 0 Å². The van der Waals surface area contributed by atoms with Crippen LogP contribution in [0.4, 0.5) is 0 Å². The van der Waals surface area contributed by atoms with Gasteiger partial charge >= 0.3 is 0 Å². The summed E-state index contributed by atoms with van der Waals surface area (Å²) < 4.78 is 0. The Morgan fingerprint density at radius 2 is 2.33 bits per heavy atom. The Bertz CT molecular complexity index is 281. The number of carbonyl (C=O) groups excluding carboxylic acids is 1. The van der Waals surface area contributed by atoms with Crippen LogP contribution in [0, 0.1) is 5.92 Å². The normalized spacial score (nSPS) is 27.2. The third-order valence-electron chi connectivity index (χ3n) is 2.53. The lowest BCUT2D eigenvalue weighted by Gasteiger charge is -2.21. The zero-order valence-corrected chi connectivity index (χ0v) is 6.99. The van der Waals surface area contributed by atoms with Crippen LogP contribution < -0.4 is 0 Å². The molecule has 0 spiro atoms. The summed E-state index contributed by atoms with van der Waals surface area (Å²) >= 11 is 0. The van der Waals surface area contributed by atoms with Gasteiger partial charge in [-0.05, 0) is 24.8 Å². The lowest BCUT2D eigenvalue weighted by Crippen LogP contribution is -2.08. The molecule has 0 amide bonds. The number of hydrogen-bond acceptors (Lipinski definition) is 1. The highest BCUT2D eigenvalue weighted by molar-refractivity contribution is 5.78. The zero-order valence-electron chi connectivity index (χ0n) is 6.99. The second-order valence-corrected chi connectivity index (χ2v) is 3.36. The molecule has 0 aromatic heterocycles. The Morgan fingerprint density at radius 1 is 1.42 bits per heavy atom. The van der Waals surface area contributed by atoms with E-state index in [9.17, 15) is 4.79 Å². The molecule has 62 valence electrons. The van der Waals surface area contributed by atoms with Crippen LogP contribution in [-0.4, -0.2) is 6.29 Å². The van der Waals surface area contributed by atoms with E-state index in [4.69, 9.17) is 0 Å². The van der Waals surface area contributed by atoms with E-state index in [2.05, 4.69) is 18.2 Å². The highest BCUT2D eigenvalue weighted by Gasteiger charge is 2.16. The highest BCUT2D eigenvalue weighted by atomic mass is 16.1. The standard InChI is InChI=1S/C11H12O/c12-8-9-5-6-10-3-1-2-4-11(10)7-9/h3,5-8,11H,1-2,4H2. The van der Waals surface area contributed by atoms with Crippen molar-refractivity contribution < 1.29 is 4.79 Å². The van der Waals surface area contributed by atoms with Gasteiger partial charge < -0.3 is 0 Å². The molecule has 1 atom stereocenters. The number of carbonyl (C=O) groups is 1. The third kappa shape index (κ3) is 1.27. The zero-order chi connectivity index (χ0) is 8.39. The number of fused-ring (bicyclic) bond motifs is 1. The molecule has 0 saturated carbocycles. The molecule has 0 N–H and O–H groups in total. The Balaban J connectivity index is 2.28. The van der Waals surface area contributed by atoms with Crippen molar-refractivity contribution in [3.05, 3.63) is 35.5 Å². The van der Waals surface area contributed by atoms with E-state index in [0.717, 1.165) is 11.9 Å². The van der Waals surface area contributed by atoms with Gasteiger partial charge in [0.2, 0.25) is 0 Å². The maximum atomic E-state index is 10.5. The van der Waals surface area contributed by atoms with E-state index >= 15 is 0 Å². The van der Waals surface area contributed by atoms with Gasteiger partial charge in [-0.2, -0.15) is 0 Å². The summed E-state index contributed by atoms with van der Waals surface area (Å²) in [4.78, 5) is 10.5. The second kappa shape index (κ2) is 3.10. The topological polar surface area (TPSA) is 17.1 Å². The van der Waals surface area contributed by atoms with Crippen molar-refractivity contribution in [3.8, 4) is 0 Å². The summed E-state index contributed by atoms with van der Waals surface area (Å²) in [6.07, 6.45) is 12.9. The first-order chi connectivity index (χ1) is 5.90. The Labute approximate surface area is 72.5 Å². The number of allylic oxidation sites excluding steroid dienone is 6. The molecule has 2 rings (SSSR count). The van der Waals surface area contributed by atoms with Gasteiger partial charge in [-0.15, -0.1) is 0 Å². The van der Waals surface area contributed by atoms with Crippen molar-refractivity contribution in [2.24, 2.45) is 5.92 Å². The van der Waals surface area contributed by atoms with Crippen molar-refractivity contribution in [2.45, 2.75) is 19.3 Å². The van der Waals surface area contributed by atoms with Crippen molar-refractivity contribution in [1.82, 2.24) is 0 Å². The molecule has 0 radical (unpaired) electrons. The lowest BCUT2D eigenvalue weighted by molar-refractivity contribution is -0.104. The number of hydrogen-bond donors (Lipinski definition) is 0. The first-order valence-corrected chi connectivity index (χ1v) is 4.45. The molecule has 0 heterocycles. The molecular formula is C11H12O. The van der Waals surface area contributed by atoms with E-state index in [1.165, 1.54) is 24.8 Å². The van der Waals surface area contributed by atoms with Crippen LogP contribution in [0.3, 0.4) is 0 Å². The van der Waals surface area contributed by atoms with Crippen molar-refractivity contribution in [2.75, 3.05) is 0 Å². The minimum absolute atomic E-state index is 0.518. The molecular weight excluding hydrogens is 148 g/mol. The van der Waals surface area contributed by atoms with Crippen LogP contribution >= 0.6 is 0 Å². The van der Waals surface area contributed by atoms with Crippen LogP contribution in [0.25, 0.3) is 0 Å². The summed E-state index contributed by atoms with van der Waals surface area (Å²) in [5, 5.41) is 0. The van der Waals surface area contributed by atoms with Crippen LogP contribution in [0.2, 0.25) is 0 Å². The largest absolute Gasteiger partial charge is 0.298 e. The quantitative estimate of drug-likeness (QED) is 0.538. The molecule has 0 saturated heterocycles. The molecule has 1 nitrogen and oxygen atoms in total. The second-order valence-electron chi connectivity index (χ2n) is 3.36.